The summed E-state index contributed by atoms with van der Waals surface area (Å²) in [6.45, 7) is 5.65. The topological polar surface area (TPSA) is 55.8 Å². The van der Waals surface area contributed by atoms with E-state index in [2.05, 4.69) is 22.4 Å². The van der Waals surface area contributed by atoms with Crippen molar-refractivity contribution in [1.29, 1.82) is 0 Å². The lowest BCUT2D eigenvalue weighted by Crippen LogP contribution is -2.47. The molecule has 2 rings (SSSR count). The zero-order valence-electron chi connectivity index (χ0n) is 10.8. The molecule has 98 valence electrons. The Bertz CT molecular complexity index is 440. The van der Waals surface area contributed by atoms with Crippen LogP contribution < -0.4 is 5.43 Å². The van der Waals surface area contributed by atoms with E-state index in [1.54, 1.807) is 6.07 Å². The Morgan fingerprint density at radius 1 is 1.28 bits per heavy atom. The first-order valence-corrected chi connectivity index (χ1v) is 6.10. The van der Waals surface area contributed by atoms with Gasteiger partial charge in [0.15, 0.2) is 0 Å². The number of hydrogen-bond donors (Lipinski definition) is 2. The summed E-state index contributed by atoms with van der Waals surface area (Å²) < 4.78 is 0. The Balaban J connectivity index is 2.11. The molecule has 0 amide bonds. The molecule has 0 spiro atoms. The maximum absolute atomic E-state index is 11.2. The van der Waals surface area contributed by atoms with Crippen LogP contribution >= 0.6 is 0 Å². The molecule has 0 bridgehead atoms. The van der Waals surface area contributed by atoms with Crippen molar-refractivity contribution in [1.82, 2.24) is 9.91 Å². The number of carboxylic acid groups (broad SMARTS) is 1. The van der Waals surface area contributed by atoms with Gasteiger partial charge in [-0.25, -0.2) is 9.80 Å². The molecular weight excluding hydrogens is 230 g/mol. The Labute approximate surface area is 107 Å². The summed E-state index contributed by atoms with van der Waals surface area (Å²) in [7, 11) is 2.09. The normalized spacial score (nSPS) is 17.7. The van der Waals surface area contributed by atoms with Crippen molar-refractivity contribution >= 4 is 11.7 Å². The molecular formula is C13H19N3O2. The number of likely N-dealkylation sites (N-methyl/N-ethyl adjacent to an activating group) is 1. The highest BCUT2D eigenvalue weighted by Gasteiger charge is 2.16. The second-order valence-electron chi connectivity index (χ2n) is 4.76. The summed E-state index contributed by atoms with van der Waals surface area (Å²) in [6.07, 6.45) is 0. The van der Waals surface area contributed by atoms with Gasteiger partial charge in [0.1, 0.15) is 0 Å². The van der Waals surface area contributed by atoms with Crippen molar-refractivity contribution in [2.24, 2.45) is 0 Å². The molecule has 1 aromatic carbocycles. The number of nitrogens with zero attached hydrogens (tertiary/aromatic N) is 2. The van der Waals surface area contributed by atoms with Gasteiger partial charge >= 0.3 is 5.97 Å². The minimum Gasteiger partial charge on any atom is -0.478 e. The maximum atomic E-state index is 11.2. The van der Waals surface area contributed by atoms with Crippen molar-refractivity contribution in [3.8, 4) is 0 Å². The SMILES string of the molecule is Cc1ccc(NN2CCN(C)CC2)c(C(=O)O)c1. The maximum Gasteiger partial charge on any atom is 0.337 e. The van der Waals surface area contributed by atoms with Crippen LogP contribution in [0.1, 0.15) is 15.9 Å². The molecule has 5 heteroatoms. The fourth-order valence-corrected chi connectivity index (χ4v) is 2.02. The molecule has 1 aliphatic heterocycles. The number of rotatable bonds is 3. The van der Waals surface area contributed by atoms with E-state index in [1.807, 2.05) is 19.1 Å². The number of piperazine rings is 1. The van der Waals surface area contributed by atoms with E-state index in [0.717, 1.165) is 31.7 Å². The molecule has 18 heavy (non-hydrogen) atoms. The van der Waals surface area contributed by atoms with E-state index in [-0.39, 0.29) is 0 Å². The van der Waals surface area contributed by atoms with Crippen LogP contribution in [0.25, 0.3) is 0 Å². The van der Waals surface area contributed by atoms with Crippen LogP contribution in [0.5, 0.6) is 0 Å². The summed E-state index contributed by atoms with van der Waals surface area (Å²) in [4.78, 5) is 13.5. The second kappa shape index (κ2) is 5.37. The number of benzene rings is 1. The van der Waals surface area contributed by atoms with Gasteiger partial charge in [-0.1, -0.05) is 11.6 Å². The third-order valence-electron chi connectivity index (χ3n) is 3.19. The molecule has 1 fully saturated rings. The summed E-state index contributed by atoms with van der Waals surface area (Å²) in [5, 5.41) is 11.3. The number of carboxylic acids is 1. The van der Waals surface area contributed by atoms with Gasteiger partial charge in [-0.05, 0) is 26.1 Å². The highest BCUT2D eigenvalue weighted by molar-refractivity contribution is 5.94. The summed E-state index contributed by atoms with van der Waals surface area (Å²) in [6, 6.07) is 5.45. The molecule has 2 N–H and O–H groups in total. The van der Waals surface area contributed by atoms with Crippen molar-refractivity contribution in [2.75, 3.05) is 38.7 Å². The number of aromatic carboxylic acids is 1. The largest absolute Gasteiger partial charge is 0.478 e. The predicted molar refractivity (Wildman–Crippen MR) is 70.8 cm³/mol. The third-order valence-corrected chi connectivity index (χ3v) is 3.19. The van der Waals surface area contributed by atoms with Gasteiger partial charge < -0.3 is 15.4 Å². The first-order chi connectivity index (χ1) is 8.56. The van der Waals surface area contributed by atoms with Crippen LogP contribution in [-0.2, 0) is 0 Å². The monoisotopic (exact) mass is 249 g/mol. The molecule has 0 unspecified atom stereocenters. The Kier molecular flexibility index (Phi) is 3.84. The zero-order valence-corrected chi connectivity index (χ0v) is 10.8. The highest BCUT2D eigenvalue weighted by atomic mass is 16.4. The molecule has 0 atom stereocenters. The van der Waals surface area contributed by atoms with Crippen molar-refractivity contribution in [3.05, 3.63) is 29.3 Å². The Hall–Kier alpha value is -1.59. The average Bonchev–Trinajstić information content (AvgIpc) is 2.34. The predicted octanol–water partition coefficient (Wildman–Crippen LogP) is 1.27. The molecule has 1 aromatic rings. The van der Waals surface area contributed by atoms with Gasteiger partial charge in [0.05, 0.1) is 11.3 Å². The first-order valence-electron chi connectivity index (χ1n) is 6.10. The van der Waals surface area contributed by atoms with Crippen molar-refractivity contribution in [2.45, 2.75) is 6.92 Å². The van der Waals surface area contributed by atoms with E-state index >= 15 is 0 Å². The number of hydrazine groups is 1. The van der Waals surface area contributed by atoms with Crippen molar-refractivity contribution < 1.29 is 9.90 Å². The van der Waals surface area contributed by atoms with Crippen molar-refractivity contribution in [3.63, 3.8) is 0 Å². The molecule has 0 saturated carbocycles. The number of hydrogen-bond acceptors (Lipinski definition) is 4. The van der Waals surface area contributed by atoms with Gasteiger partial charge in [0, 0.05) is 26.2 Å². The zero-order chi connectivity index (χ0) is 13.1. The lowest BCUT2D eigenvalue weighted by Gasteiger charge is -2.33. The summed E-state index contributed by atoms with van der Waals surface area (Å²) in [5.41, 5.74) is 5.15. The molecule has 0 radical (unpaired) electrons. The van der Waals surface area contributed by atoms with E-state index < -0.39 is 5.97 Å². The van der Waals surface area contributed by atoms with Crippen LogP contribution in [0.4, 0.5) is 5.69 Å². The second-order valence-corrected chi connectivity index (χ2v) is 4.76. The minimum absolute atomic E-state index is 0.328. The van der Waals surface area contributed by atoms with Crippen LogP contribution in [-0.4, -0.2) is 54.2 Å². The highest BCUT2D eigenvalue weighted by Crippen LogP contribution is 2.18. The molecule has 1 saturated heterocycles. The first kappa shape index (κ1) is 12.9. The molecule has 1 heterocycles. The van der Waals surface area contributed by atoms with Gasteiger partial charge in [0.2, 0.25) is 0 Å². The average molecular weight is 249 g/mol. The van der Waals surface area contributed by atoms with Gasteiger partial charge in [-0.3, -0.25) is 0 Å². The summed E-state index contributed by atoms with van der Waals surface area (Å²) >= 11 is 0. The lowest BCUT2D eigenvalue weighted by molar-refractivity contribution is 0.0697. The minimum atomic E-state index is -0.893. The number of aryl methyl sites for hydroxylation is 1. The van der Waals surface area contributed by atoms with Gasteiger partial charge in [-0.15, -0.1) is 0 Å². The van der Waals surface area contributed by atoms with Crippen LogP contribution in [0.2, 0.25) is 0 Å². The summed E-state index contributed by atoms with van der Waals surface area (Å²) in [5.74, 6) is -0.893. The van der Waals surface area contributed by atoms with E-state index in [0.29, 0.717) is 11.3 Å². The lowest BCUT2D eigenvalue weighted by atomic mass is 10.1. The van der Waals surface area contributed by atoms with E-state index in [4.69, 9.17) is 0 Å². The van der Waals surface area contributed by atoms with Crippen LogP contribution in [0.15, 0.2) is 18.2 Å². The standard InChI is InChI=1S/C13H19N3O2/c1-10-3-4-12(11(9-10)13(17)18)14-16-7-5-15(2)6-8-16/h3-4,9,14H,5-8H2,1-2H3,(H,17,18). The fraction of sp³-hybridized carbons (Fsp3) is 0.462. The number of anilines is 1. The third kappa shape index (κ3) is 3.00. The fourth-order valence-electron chi connectivity index (χ4n) is 2.02. The van der Waals surface area contributed by atoms with Gasteiger partial charge in [0.25, 0.3) is 0 Å². The molecule has 1 aliphatic rings. The number of carbonyl (C=O) groups is 1. The van der Waals surface area contributed by atoms with E-state index in [1.165, 1.54) is 0 Å². The van der Waals surface area contributed by atoms with Crippen LogP contribution in [0, 0.1) is 6.92 Å². The molecule has 0 aromatic heterocycles. The van der Waals surface area contributed by atoms with Crippen LogP contribution in [0.3, 0.4) is 0 Å². The number of nitrogens with one attached hydrogen (secondary N) is 1. The Morgan fingerprint density at radius 3 is 2.56 bits per heavy atom. The smallest absolute Gasteiger partial charge is 0.337 e. The van der Waals surface area contributed by atoms with Gasteiger partial charge in [-0.2, -0.15) is 0 Å². The van der Waals surface area contributed by atoms with E-state index in [9.17, 15) is 9.90 Å². The Morgan fingerprint density at radius 2 is 1.94 bits per heavy atom. The molecule has 0 aliphatic carbocycles. The quantitative estimate of drug-likeness (QED) is 0.845. The molecule has 5 nitrogen and oxygen atoms in total.